The maximum absolute atomic E-state index is 12.0. The number of carbonyl (C=O) groups is 2. The molecule has 0 aliphatic rings. The zero-order chi connectivity index (χ0) is 15.2. The van der Waals surface area contributed by atoms with Crippen LogP contribution >= 0.6 is 15.9 Å². The third-order valence-corrected chi connectivity index (χ3v) is 3.31. The van der Waals surface area contributed by atoms with Crippen LogP contribution < -0.4 is 5.32 Å². The third-order valence-electron chi connectivity index (χ3n) is 2.89. The van der Waals surface area contributed by atoms with Crippen molar-refractivity contribution in [3.63, 3.8) is 0 Å². The molecule has 2 rings (SSSR count). The number of amides is 2. The molecular weight excluding hydrogens is 336 g/mol. The molecule has 1 aromatic carbocycles. The van der Waals surface area contributed by atoms with Crippen LogP contribution in [-0.2, 0) is 11.3 Å². The average Bonchev–Trinajstić information content (AvgIpc) is 2.92. The van der Waals surface area contributed by atoms with E-state index in [4.69, 9.17) is 4.42 Å². The normalized spacial score (nSPS) is 10.2. The zero-order valence-corrected chi connectivity index (χ0v) is 13.1. The molecule has 0 atom stereocenters. The quantitative estimate of drug-likeness (QED) is 0.900. The molecule has 1 heterocycles. The number of halogens is 1. The predicted molar refractivity (Wildman–Crippen MR) is 81.7 cm³/mol. The van der Waals surface area contributed by atoms with E-state index in [0.717, 1.165) is 5.56 Å². The first-order valence-electron chi connectivity index (χ1n) is 6.37. The minimum atomic E-state index is -0.415. The first kappa shape index (κ1) is 15.3. The van der Waals surface area contributed by atoms with Crippen molar-refractivity contribution in [1.82, 2.24) is 10.2 Å². The lowest BCUT2D eigenvalue weighted by Gasteiger charge is -2.17. The topological polar surface area (TPSA) is 62.6 Å². The molecule has 0 radical (unpaired) electrons. The summed E-state index contributed by atoms with van der Waals surface area (Å²) in [5.74, 6) is -0.416. The number of benzene rings is 1. The lowest BCUT2D eigenvalue weighted by molar-refractivity contribution is -0.129. The molecule has 110 valence electrons. The molecule has 0 bridgehead atoms. The Labute approximate surface area is 131 Å². The summed E-state index contributed by atoms with van der Waals surface area (Å²) in [4.78, 5) is 25.3. The van der Waals surface area contributed by atoms with Gasteiger partial charge in [-0.2, -0.15) is 0 Å². The van der Waals surface area contributed by atoms with E-state index in [1.807, 2.05) is 30.3 Å². The number of rotatable bonds is 5. The Bertz CT molecular complexity index is 625. The van der Waals surface area contributed by atoms with E-state index in [1.165, 1.54) is 6.07 Å². The fourth-order valence-electron chi connectivity index (χ4n) is 1.76. The Kier molecular flexibility index (Phi) is 5.16. The van der Waals surface area contributed by atoms with Crippen LogP contribution in [0.4, 0.5) is 0 Å². The van der Waals surface area contributed by atoms with Crippen LogP contribution in [0, 0.1) is 0 Å². The molecule has 21 heavy (non-hydrogen) atoms. The van der Waals surface area contributed by atoms with E-state index in [0.29, 0.717) is 11.2 Å². The number of nitrogens with one attached hydrogen (secondary N) is 1. The predicted octanol–water partition coefficient (Wildman–Crippen LogP) is 2.43. The van der Waals surface area contributed by atoms with Crippen LogP contribution in [0.25, 0.3) is 0 Å². The van der Waals surface area contributed by atoms with Crippen molar-refractivity contribution in [2.24, 2.45) is 0 Å². The van der Waals surface area contributed by atoms with Crippen molar-refractivity contribution in [3.8, 4) is 0 Å². The van der Waals surface area contributed by atoms with Gasteiger partial charge in [-0.15, -0.1) is 0 Å². The van der Waals surface area contributed by atoms with E-state index in [-0.39, 0.29) is 18.2 Å². The van der Waals surface area contributed by atoms with Crippen LogP contribution in [0.5, 0.6) is 0 Å². The number of likely N-dealkylation sites (N-methyl/N-ethyl adjacent to an activating group) is 1. The first-order chi connectivity index (χ1) is 10.1. The summed E-state index contributed by atoms with van der Waals surface area (Å²) >= 11 is 3.12. The zero-order valence-electron chi connectivity index (χ0n) is 11.5. The summed E-state index contributed by atoms with van der Waals surface area (Å²) in [5.41, 5.74) is 1.04. The van der Waals surface area contributed by atoms with Crippen molar-refractivity contribution in [1.29, 1.82) is 0 Å². The van der Waals surface area contributed by atoms with Crippen LogP contribution in [0.1, 0.15) is 16.1 Å². The number of nitrogens with zero attached hydrogens (tertiary/aromatic N) is 1. The summed E-state index contributed by atoms with van der Waals surface area (Å²) in [6.45, 7) is 0.433. The largest absolute Gasteiger partial charge is 0.444 e. The van der Waals surface area contributed by atoms with E-state index in [2.05, 4.69) is 21.2 Å². The smallest absolute Gasteiger partial charge is 0.287 e. The first-order valence-corrected chi connectivity index (χ1v) is 7.17. The Hall–Kier alpha value is -2.08. The summed E-state index contributed by atoms with van der Waals surface area (Å²) in [6, 6.07) is 12.8. The lowest BCUT2D eigenvalue weighted by Crippen LogP contribution is -2.37. The molecule has 0 unspecified atom stereocenters. The van der Waals surface area contributed by atoms with Gasteiger partial charge in [0.15, 0.2) is 10.4 Å². The third kappa shape index (κ3) is 4.46. The second-order valence-corrected chi connectivity index (χ2v) is 5.30. The van der Waals surface area contributed by atoms with Gasteiger partial charge in [-0.1, -0.05) is 30.3 Å². The van der Waals surface area contributed by atoms with Gasteiger partial charge in [0.25, 0.3) is 5.91 Å². The Balaban J connectivity index is 1.82. The fraction of sp³-hybridized carbons (Fsp3) is 0.200. The van der Waals surface area contributed by atoms with Gasteiger partial charge in [0.1, 0.15) is 0 Å². The Morgan fingerprint density at radius 1 is 1.19 bits per heavy atom. The van der Waals surface area contributed by atoms with Gasteiger partial charge in [0.05, 0.1) is 6.54 Å². The van der Waals surface area contributed by atoms with Gasteiger partial charge in [0, 0.05) is 13.6 Å². The molecule has 0 aliphatic heterocycles. The number of carbonyl (C=O) groups excluding carboxylic acids is 2. The van der Waals surface area contributed by atoms with Crippen molar-refractivity contribution in [2.75, 3.05) is 13.6 Å². The van der Waals surface area contributed by atoms with Crippen molar-refractivity contribution < 1.29 is 14.0 Å². The standard InChI is InChI=1S/C15H15BrN2O3/c1-18(10-11-5-3-2-4-6-11)14(19)9-17-15(20)12-7-8-13(16)21-12/h2-8H,9-10H2,1H3,(H,17,20). The number of furan rings is 1. The van der Waals surface area contributed by atoms with Crippen molar-refractivity contribution in [3.05, 3.63) is 58.5 Å². The SMILES string of the molecule is CN(Cc1ccccc1)C(=O)CNC(=O)c1ccc(Br)o1. The van der Waals surface area contributed by atoms with Crippen molar-refractivity contribution in [2.45, 2.75) is 6.54 Å². The fourth-order valence-corrected chi connectivity index (χ4v) is 2.07. The van der Waals surface area contributed by atoms with Crippen molar-refractivity contribution >= 4 is 27.7 Å². The van der Waals surface area contributed by atoms with Gasteiger partial charge in [-0.25, -0.2) is 0 Å². The van der Waals surface area contributed by atoms with Gasteiger partial charge >= 0.3 is 0 Å². The van der Waals surface area contributed by atoms with Crippen LogP contribution in [0.3, 0.4) is 0 Å². The average molecular weight is 351 g/mol. The van der Waals surface area contributed by atoms with Gasteiger partial charge in [-0.3, -0.25) is 9.59 Å². The monoisotopic (exact) mass is 350 g/mol. The molecule has 5 nitrogen and oxygen atoms in total. The highest BCUT2D eigenvalue weighted by Crippen LogP contribution is 2.13. The highest BCUT2D eigenvalue weighted by atomic mass is 79.9. The van der Waals surface area contributed by atoms with E-state index in [9.17, 15) is 9.59 Å². The van der Waals surface area contributed by atoms with E-state index in [1.54, 1.807) is 18.0 Å². The highest BCUT2D eigenvalue weighted by Gasteiger charge is 2.14. The molecule has 1 aromatic heterocycles. The second-order valence-electron chi connectivity index (χ2n) is 4.52. The highest BCUT2D eigenvalue weighted by molar-refractivity contribution is 9.10. The molecule has 2 aromatic rings. The van der Waals surface area contributed by atoms with E-state index >= 15 is 0 Å². The molecule has 0 aliphatic carbocycles. The molecule has 0 spiro atoms. The maximum atomic E-state index is 12.0. The lowest BCUT2D eigenvalue weighted by atomic mass is 10.2. The van der Waals surface area contributed by atoms with Gasteiger partial charge < -0.3 is 14.6 Å². The summed E-state index contributed by atoms with van der Waals surface area (Å²) < 4.78 is 5.59. The van der Waals surface area contributed by atoms with Gasteiger partial charge in [-0.05, 0) is 33.6 Å². The number of hydrogen-bond donors (Lipinski definition) is 1. The molecule has 2 amide bonds. The molecule has 6 heteroatoms. The Morgan fingerprint density at radius 2 is 1.90 bits per heavy atom. The summed E-state index contributed by atoms with van der Waals surface area (Å²) in [5, 5.41) is 2.53. The molecule has 0 saturated carbocycles. The maximum Gasteiger partial charge on any atom is 0.287 e. The Morgan fingerprint density at radius 3 is 2.52 bits per heavy atom. The molecule has 1 N–H and O–H groups in total. The minimum Gasteiger partial charge on any atom is -0.444 e. The molecule has 0 fully saturated rings. The number of hydrogen-bond acceptors (Lipinski definition) is 3. The molecular formula is C15H15BrN2O3. The summed E-state index contributed by atoms with van der Waals surface area (Å²) in [6.07, 6.45) is 0. The minimum absolute atomic E-state index is 0.0690. The second kappa shape index (κ2) is 7.08. The molecule has 0 saturated heterocycles. The van der Waals surface area contributed by atoms with Crippen LogP contribution in [0.15, 0.2) is 51.6 Å². The van der Waals surface area contributed by atoms with Gasteiger partial charge in [0.2, 0.25) is 5.91 Å². The van der Waals surface area contributed by atoms with Crippen LogP contribution in [-0.4, -0.2) is 30.3 Å². The summed E-state index contributed by atoms with van der Waals surface area (Å²) in [7, 11) is 1.70. The van der Waals surface area contributed by atoms with E-state index < -0.39 is 5.91 Å². The van der Waals surface area contributed by atoms with Crippen LogP contribution in [0.2, 0.25) is 0 Å².